The molecule has 3 unspecified atom stereocenters. The van der Waals surface area contributed by atoms with Crippen LogP contribution >= 0.6 is 24.0 Å². The van der Waals surface area contributed by atoms with E-state index in [0.29, 0.717) is 31.0 Å². The van der Waals surface area contributed by atoms with Crippen LogP contribution in [0.4, 0.5) is 0 Å². The van der Waals surface area contributed by atoms with Gasteiger partial charge in [-0.3, -0.25) is 9.79 Å². The van der Waals surface area contributed by atoms with Gasteiger partial charge in [0.05, 0.1) is 6.10 Å². The minimum atomic E-state index is 0. The summed E-state index contributed by atoms with van der Waals surface area (Å²) < 4.78 is 6.06. The lowest BCUT2D eigenvalue weighted by molar-refractivity contribution is -0.127. The van der Waals surface area contributed by atoms with Gasteiger partial charge in [-0.15, -0.1) is 24.0 Å². The van der Waals surface area contributed by atoms with E-state index in [-0.39, 0.29) is 35.3 Å². The average molecular weight is 569 g/mol. The number of ether oxygens (including phenoxy) is 1. The number of guanidine groups is 1. The van der Waals surface area contributed by atoms with Gasteiger partial charge in [-0.05, 0) is 45.1 Å². The van der Waals surface area contributed by atoms with Crippen LogP contribution in [-0.2, 0) is 16.0 Å². The molecule has 1 aromatic rings. The molecule has 0 radical (unpaired) electrons. The van der Waals surface area contributed by atoms with Crippen molar-refractivity contribution in [1.29, 1.82) is 0 Å². The zero-order valence-electron chi connectivity index (χ0n) is 20.2. The number of hydrogen-bond donors (Lipinski definition) is 2. The Morgan fingerprint density at radius 1 is 1.21 bits per heavy atom. The van der Waals surface area contributed by atoms with Gasteiger partial charge >= 0.3 is 0 Å². The molecule has 1 amide bonds. The van der Waals surface area contributed by atoms with E-state index in [2.05, 4.69) is 48.7 Å². The molecular formula is C26H41IN4O2. The summed E-state index contributed by atoms with van der Waals surface area (Å²) in [5.74, 6) is 1.46. The molecule has 1 aliphatic heterocycles. The quantitative estimate of drug-likeness (QED) is 0.269. The topological polar surface area (TPSA) is 66.0 Å². The van der Waals surface area contributed by atoms with Crippen LogP contribution in [-0.4, -0.2) is 61.7 Å². The third kappa shape index (κ3) is 6.21. The second-order valence-electron chi connectivity index (χ2n) is 9.68. The summed E-state index contributed by atoms with van der Waals surface area (Å²) in [4.78, 5) is 19.4. The molecule has 3 aliphatic rings. The highest BCUT2D eigenvalue weighted by atomic mass is 127. The zero-order chi connectivity index (χ0) is 22.4. The first-order chi connectivity index (χ1) is 15.6. The van der Waals surface area contributed by atoms with Crippen molar-refractivity contribution in [2.24, 2.45) is 16.3 Å². The lowest BCUT2D eigenvalue weighted by Gasteiger charge is -2.54. The first-order valence-corrected chi connectivity index (χ1v) is 12.6. The molecule has 2 aliphatic carbocycles. The molecule has 0 bridgehead atoms. The van der Waals surface area contributed by atoms with Gasteiger partial charge in [0.15, 0.2) is 5.96 Å². The Bertz CT molecular complexity index is 782. The van der Waals surface area contributed by atoms with Crippen LogP contribution < -0.4 is 10.6 Å². The summed E-state index contributed by atoms with van der Waals surface area (Å²) in [6.45, 7) is 8.14. The molecule has 4 rings (SSSR count). The molecule has 7 heteroatoms. The van der Waals surface area contributed by atoms with E-state index in [1.165, 1.54) is 31.2 Å². The molecule has 6 nitrogen and oxygen atoms in total. The molecule has 2 N–H and O–H groups in total. The van der Waals surface area contributed by atoms with Crippen LogP contribution in [0, 0.1) is 11.3 Å². The van der Waals surface area contributed by atoms with E-state index in [1.807, 2.05) is 11.0 Å². The van der Waals surface area contributed by atoms with Crippen molar-refractivity contribution < 1.29 is 9.53 Å². The highest BCUT2D eigenvalue weighted by Gasteiger charge is 2.57. The molecule has 3 fully saturated rings. The summed E-state index contributed by atoms with van der Waals surface area (Å²) in [5.41, 5.74) is 1.57. The molecule has 184 valence electrons. The summed E-state index contributed by atoms with van der Waals surface area (Å²) >= 11 is 0. The van der Waals surface area contributed by atoms with Crippen molar-refractivity contribution in [2.75, 3.05) is 32.8 Å². The summed E-state index contributed by atoms with van der Waals surface area (Å²) in [7, 11) is 0. The third-order valence-electron chi connectivity index (χ3n) is 7.66. The lowest BCUT2D eigenvalue weighted by atomic mass is 9.60. The van der Waals surface area contributed by atoms with E-state index < -0.39 is 0 Å². The number of benzene rings is 1. The third-order valence-corrected chi connectivity index (χ3v) is 7.66. The Hall–Kier alpha value is -1.35. The number of rotatable bonds is 9. The Kier molecular flexibility index (Phi) is 9.85. The molecule has 1 aromatic carbocycles. The Morgan fingerprint density at radius 3 is 2.67 bits per heavy atom. The number of halogens is 1. The summed E-state index contributed by atoms with van der Waals surface area (Å²) in [6.07, 6.45) is 8.09. The van der Waals surface area contributed by atoms with Gasteiger partial charge in [-0.25, -0.2) is 0 Å². The molecule has 1 saturated heterocycles. The van der Waals surface area contributed by atoms with E-state index in [1.54, 1.807) is 0 Å². The predicted octanol–water partition coefficient (Wildman–Crippen LogP) is 3.99. The second-order valence-corrected chi connectivity index (χ2v) is 9.68. The fourth-order valence-corrected chi connectivity index (χ4v) is 5.90. The minimum Gasteiger partial charge on any atom is -0.378 e. The number of aliphatic imine (C=N–C) groups is 1. The van der Waals surface area contributed by atoms with Crippen molar-refractivity contribution in [3.63, 3.8) is 0 Å². The van der Waals surface area contributed by atoms with E-state index in [4.69, 9.17) is 9.73 Å². The highest BCUT2D eigenvalue weighted by molar-refractivity contribution is 14.0. The largest absolute Gasteiger partial charge is 0.378 e. The van der Waals surface area contributed by atoms with Gasteiger partial charge in [-0.2, -0.15) is 0 Å². The number of nitrogens with one attached hydrogen (secondary N) is 2. The molecular weight excluding hydrogens is 527 g/mol. The van der Waals surface area contributed by atoms with E-state index in [0.717, 1.165) is 45.0 Å². The van der Waals surface area contributed by atoms with Crippen molar-refractivity contribution in [2.45, 2.75) is 70.9 Å². The van der Waals surface area contributed by atoms with Crippen LogP contribution in [0.1, 0.15) is 57.9 Å². The number of hydrogen-bond acceptors (Lipinski definition) is 3. The SMILES string of the molecule is CCNC(=NCC1CC(=O)N(CCc2ccccc2)C1)NC1CC(OCC)C12CCCC2.I. The average Bonchev–Trinajstić information content (AvgIpc) is 3.45. The molecule has 33 heavy (non-hydrogen) atoms. The Morgan fingerprint density at radius 2 is 1.97 bits per heavy atom. The van der Waals surface area contributed by atoms with Crippen molar-refractivity contribution in [3.8, 4) is 0 Å². The van der Waals surface area contributed by atoms with Crippen LogP contribution in [0.15, 0.2) is 35.3 Å². The fraction of sp³-hybridized carbons (Fsp3) is 0.692. The first kappa shape index (κ1) is 26.3. The van der Waals surface area contributed by atoms with Crippen molar-refractivity contribution in [1.82, 2.24) is 15.5 Å². The van der Waals surface area contributed by atoms with Gasteiger partial charge in [0.25, 0.3) is 0 Å². The van der Waals surface area contributed by atoms with Crippen molar-refractivity contribution >= 4 is 35.8 Å². The van der Waals surface area contributed by atoms with Crippen molar-refractivity contribution in [3.05, 3.63) is 35.9 Å². The smallest absolute Gasteiger partial charge is 0.223 e. The monoisotopic (exact) mass is 568 g/mol. The molecule has 1 heterocycles. The number of nitrogens with zero attached hydrogens (tertiary/aromatic N) is 2. The normalized spacial score (nSPS) is 26.2. The second kappa shape index (κ2) is 12.4. The van der Waals surface area contributed by atoms with E-state index >= 15 is 0 Å². The van der Waals surface area contributed by atoms with Gasteiger partial charge < -0.3 is 20.3 Å². The summed E-state index contributed by atoms with van der Waals surface area (Å²) in [5, 5.41) is 7.16. The number of carbonyl (C=O) groups excluding carboxylic acids is 1. The van der Waals surface area contributed by atoms with Crippen LogP contribution in [0.2, 0.25) is 0 Å². The first-order valence-electron chi connectivity index (χ1n) is 12.6. The van der Waals surface area contributed by atoms with Gasteiger partial charge in [0, 0.05) is 56.6 Å². The van der Waals surface area contributed by atoms with Gasteiger partial charge in [-0.1, -0.05) is 43.2 Å². The molecule has 1 spiro atoms. The Labute approximate surface area is 216 Å². The highest BCUT2D eigenvalue weighted by Crippen LogP contribution is 2.54. The molecule has 2 saturated carbocycles. The maximum atomic E-state index is 12.5. The van der Waals surface area contributed by atoms with Crippen LogP contribution in [0.25, 0.3) is 0 Å². The maximum absolute atomic E-state index is 12.5. The number of amides is 1. The van der Waals surface area contributed by atoms with Crippen LogP contribution in [0.5, 0.6) is 0 Å². The van der Waals surface area contributed by atoms with Gasteiger partial charge in [0.1, 0.15) is 0 Å². The predicted molar refractivity (Wildman–Crippen MR) is 144 cm³/mol. The lowest BCUT2D eigenvalue weighted by Crippen LogP contribution is -2.65. The van der Waals surface area contributed by atoms with Gasteiger partial charge in [0.2, 0.25) is 5.91 Å². The maximum Gasteiger partial charge on any atom is 0.223 e. The van der Waals surface area contributed by atoms with Crippen LogP contribution in [0.3, 0.4) is 0 Å². The number of likely N-dealkylation sites (tertiary alicyclic amines) is 1. The van der Waals surface area contributed by atoms with E-state index in [9.17, 15) is 4.79 Å². The Balaban J connectivity index is 0.00000306. The summed E-state index contributed by atoms with van der Waals surface area (Å²) in [6, 6.07) is 10.8. The zero-order valence-corrected chi connectivity index (χ0v) is 22.6. The fourth-order valence-electron chi connectivity index (χ4n) is 5.90. The standard InChI is InChI=1S/C26H40N4O2.HI/c1-3-27-25(29-22-17-23(32-4-2)26(22)13-8-9-14-26)28-18-21-16-24(31)30(19-21)15-12-20-10-6-5-7-11-20;/h5-7,10-11,21-23H,3-4,8-9,12-19H2,1-2H3,(H2,27,28,29);1H. The molecule has 3 atom stereocenters. The molecule has 0 aromatic heterocycles. The minimum absolute atomic E-state index is 0. The number of carbonyl (C=O) groups is 1.